The Morgan fingerprint density at radius 2 is 1.78 bits per heavy atom. The highest BCUT2D eigenvalue weighted by Crippen LogP contribution is 2.30. The third-order valence-corrected chi connectivity index (χ3v) is 6.60. The first-order valence-electron chi connectivity index (χ1n) is 13.2. The molecule has 218 valence electrons. The van der Waals surface area contributed by atoms with Crippen LogP contribution in [-0.2, 0) is 4.74 Å². The van der Waals surface area contributed by atoms with Gasteiger partial charge in [-0.3, -0.25) is 9.78 Å². The lowest BCUT2D eigenvalue weighted by atomic mass is 9.84. The molecule has 41 heavy (non-hydrogen) atoms. The molecule has 1 fully saturated rings. The van der Waals surface area contributed by atoms with Crippen molar-refractivity contribution in [3.8, 4) is 0 Å². The molecule has 1 saturated heterocycles. The van der Waals surface area contributed by atoms with Crippen LogP contribution in [-0.4, -0.2) is 69.3 Å². The summed E-state index contributed by atoms with van der Waals surface area (Å²) in [5.74, 6) is -0.614. The van der Waals surface area contributed by atoms with Crippen LogP contribution < -0.4 is 15.3 Å². The number of nitrogens with zero attached hydrogens (tertiary/aromatic N) is 5. The third kappa shape index (κ3) is 7.00. The molecule has 1 unspecified atom stereocenters. The number of hydrazine groups is 1. The number of anilines is 2. The Kier molecular flexibility index (Phi) is 8.05. The van der Waals surface area contributed by atoms with E-state index < -0.39 is 29.5 Å². The minimum Gasteiger partial charge on any atom is -0.465 e. The Morgan fingerprint density at radius 1 is 1.05 bits per heavy atom. The number of aromatic nitrogens is 2. The molecule has 1 atom stereocenters. The van der Waals surface area contributed by atoms with Crippen molar-refractivity contribution in [2.45, 2.75) is 53.2 Å². The number of piperazine rings is 1. The van der Waals surface area contributed by atoms with Crippen LogP contribution in [0, 0.1) is 11.2 Å². The van der Waals surface area contributed by atoms with Gasteiger partial charge in [-0.2, -0.15) is 0 Å². The predicted octanol–water partition coefficient (Wildman–Crippen LogP) is 5.07. The fourth-order valence-corrected chi connectivity index (χ4v) is 4.62. The summed E-state index contributed by atoms with van der Waals surface area (Å²) >= 11 is 0. The van der Waals surface area contributed by atoms with Crippen LogP contribution in [0.4, 0.5) is 25.5 Å². The normalized spacial score (nSPS) is 15.9. The molecule has 0 aliphatic carbocycles. The van der Waals surface area contributed by atoms with E-state index in [9.17, 15) is 23.9 Å². The number of hydrogen-bond donors (Lipinski definition) is 2. The number of fused-ring (bicyclic) bond motifs is 1. The molecule has 3 amide bonds. The van der Waals surface area contributed by atoms with E-state index in [0.29, 0.717) is 36.5 Å². The van der Waals surface area contributed by atoms with E-state index >= 15 is 0 Å². The molecule has 11 nitrogen and oxygen atoms in total. The first-order chi connectivity index (χ1) is 19.1. The van der Waals surface area contributed by atoms with Crippen molar-refractivity contribution in [3.63, 3.8) is 0 Å². The maximum Gasteiger partial charge on any atom is 0.427 e. The second-order valence-electron chi connectivity index (χ2n) is 12.0. The van der Waals surface area contributed by atoms with Crippen LogP contribution in [0.25, 0.3) is 11.0 Å². The number of nitrogens with one attached hydrogen (secondary N) is 1. The minimum absolute atomic E-state index is 0.108. The molecular formula is C29H35FN6O5. The lowest BCUT2D eigenvalue weighted by molar-refractivity contribution is 0.0510. The van der Waals surface area contributed by atoms with Crippen LogP contribution in [0.1, 0.15) is 51.9 Å². The van der Waals surface area contributed by atoms with Gasteiger partial charge in [0, 0.05) is 25.2 Å². The van der Waals surface area contributed by atoms with Crippen LogP contribution in [0.5, 0.6) is 0 Å². The van der Waals surface area contributed by atoms with Gasteiger partial charge < -0.3 is 19.6 Å². The molecule has 0 saturated carbocycles. The number of carbonyl (C=O) groups is 3. The van der Waals surface area contributed by atoms with E-state index in [2.05, 4.69) is 10.4 Å². The molecule has 3 aromatic rings. The summed E-state index contributed by atoms with van der Waals surface area (Å²) in [6.45, 7) is 12.3. The van der Waals surface area contributed by atoms with E-state index in [1.54, 1.807) is 39.1 Å². The number of ether oxygens (including phenoxy) is 1. The molecule has 2 heterocycles. The van der Waals surface area contributed by atoms with Crippen molar-refractivity contribution in [2.75, 3.05) is 29.5 Å². The molecule has 12 heteroatoms. The van der Waals surface area contributed by atoms with Gasteiger partial charge in [0.05, 0.1) is 29.0 Å². The SMILES string of the molecule is CC(C)(C)OC(=O)NN(C(=O)c1ccc2nc(N3CCN(C(=O)O)C(C(C)(C)C)C3)cnc2c1)c1cccc(F)c1. The highest BCUT2D eigenvalue weighted by atomic mass is 19.1. The number of carboxylic acid groups (broad SMARTS) is 1. The van der Waals surface area contributed by atoms with Gasteiger partial charge in [0.1, 0.15) is 17.2 Å². The van der Waals surface area contributed by atoms with Crippen LogP contribution in [0.3, 0.4) is 0 Å². The van der Waals surface area contributed by atoms with Gasteiger partial charge in [-0.25, -0.2) is 29.4 Å². The first-order valence-corrected chi connectivity index (χ1v) is 13.2. The minimum atomic E-state index is -0.945. The number of carbonyl (C=O) groups excluding carboxylic acids is 2. The largest absolute Gasteiger partial charge is 0.465 e. The second-order valence-corrected chi connectivity index (χ2v) is 12.0. The fourth-order valence-electron chi connectivity index (χ4n) is 4.62. The van der Waals surface area contributed by atoms with E-state index in [1.165, 1.54) is 29.2 Å². The summed E-state index contributed by atoms with van der Waals surface area (Å²) in [6, 6.07) is 9.76. The van der Waals surface area contributed by atoms with Gasteiger partial charge in [-0.1, -0.05) is 26.8 Å². The highest BCUT2D eigenvalue weighted by Gasteiger charge is 2.38. The second kappa shape index (κ2) is 11.2. The Balaban J connectivity index is 1.61. The van der Waals surface area contributed by atoms with E-state index in [-0.39, 0.29) is 22.7 Å². The molecule has 2 aromatic carbocycles. The monoisotopic (exact) mass is 566 g/mol. The van der Waals surface area contributed by atoms with Gasteiger partial charge in [0.15, 0.2) is 0 Å². The molecule has 0 spiro atoms. The van der Waals surface area contributed by atoms with E-state index in [4.69, 9.17) is 9.72 Å². The Hall–Kier alpha value is -4.48. The molecule has 4 rings (SSSR count). The maximum atomic E-state index is 14.0. The van der Waals surface area contributed by atoms with Crippen LogP contribution in [0.2, 0.25) is 0 Å². The van der Waals surface area contributed by atoms with Gasteiger partial charge >= 0.3 is 12.2 Å². The zero-order chi connectivity index (χ0) is 30.1. The summed E-state index contributed by atoms with van der Waals surface area (Å²) in [5, 5.41) is 10.6. The predicted molar refractivity (Wildman–Crippen MR) is 152 cm³/mol. The summed E-state index contributed by atoms with van der Waals surface area (Å²) in [5.41, 5.74) is 2.58. The van der Waals surface area contributed by atoms with Crippen LogP contribution >= 0.6 is 0 Å². The molecule has 1 aliphatic rings. The van der Waals surface area contributed by atoms with E-state index in [1.807, 2.05) is 25.7 Å². The summed E-state index contributed by atoms with van der Waals surface area (Å²) in [7, 11) is 0. The van der Waals surface area contributed by atoms with Gasteiger partial charge in [-0.05, 0) is 62.6 Å². The van der Waals surface area contributed by atoms with Crippen molar-refractivity contribution >= 4 is 40.6 Å². The molecule has 0 bridgehead atoms. The average Bonchev–Trinajstić information content (AvgIpc) is 2.89. The fraction of sp³-hybridized carbons (Fsp3) is 0.414. The Morgan fingerprint density at radius 3 is 2.41 bits per heavy atom. The lowest BCUT2D eigenvalue weighted by Gasteiger charge is -2.46. The van der Waals surface area contributed by atoms with E-state index in [0.717, 1.165) is 11.1 Å². The van der Waals surface area contributed by atoms with Crippen molar-refractivity contribution in [1.82, 2.24) is 20.3 Å². The average molecular weight is 567 g/mol. The topological polar surface area (TPSA) is 128 Å². The summed E-state index contributed by atoms with van der Waals surface area (Å²) in [4.78, 5) is 50.6. The molecule has 1 aliphatic heterocycles. The summed E-state index contributed by atoms with van der Waals surface area (Å²) in [6.07, 6.45) is -0.229. The number of benzene rings is 2. The molecule has 0 radical (unpaired) electrons. The van der Waals surface area contributed by atoms with Crippen molar-refractivity contribution < 1.29 is 28.6 Å². The lowest BCUT2D eigenvalue weighted by Crippen LogP contribution is -2.59. The van der Waals surface area contributed by atoms with Crippen molar-refractivity contribution in [3.05, 3.63) is 60.0 Å². The Labute approximate surface area is 237 Å². The highest BCUT2D eigenvalue weighted by molar-refractivity contribution is 6.08. The van der Waals surface area contributed by atoms with Crippen molar-refractivity contribution in [2.24, 2.45) is 5.41 Å². The molecular weight excluding hydrogens is 531 g/mol. The first kappa shape index (κ1) is 29.5. The van der Waals surface area contributed by atoms with Gasteiger partial charge in [-0.15, -0.1) is 0 Å². The number of hydrogen-bond acceptors (Lipinski definition) is 7. The maximum absolute atomic E-state index is 14.0. The zero-order valence-corrected chi connectivity index (χ0v) is 24.0. The smallest absolute Gasteiger partial charge is 0.427 e. The van der Waals surface area contributed by atoms with Crippen molar-refractivity contribution in [1.29, 1.82) is 0 Å². The third-order valence-electron chi connectivity index (χ3n) is 6.60. The quantitative estimate of drug-likeness (QED) is 0.421. The zero-order valence-electron chi connectivity index (χ0n) is 24.0. The number of rotatable bonds is 3. The van der Waals surface area contributed by atoms with Gasteiger partial charge in [0.25, 0.3) is 5.91 Å². The number of halogens is 1. The molecule has 2 N–H and O–H groups in total. The standard InChI is InChI=1S/C29H35FN6O5/c1-28(2,3)23-17-34(12-13-35(23)27(39)40)24-16-31-22-14-18(10-11-21(22)32-24)25(37)36(20-9-7-8-19(30)15-20)33-26(38)41-29(4,5)6/h7-11,14-16,23H,12-13,17H2,1-6H3,(H,33,38)(H,39,40). The van der Waals surface area contributed by atoms with Crippen LogP contribution in [0.15, 0.2) is 48.7 Å². The summed E-state index contributed by atoms with van der Waals surface area (Å²) < 4.78 is 19.3. The number of amides is 3. The van der Waals surface area contributed by atoms with Gasteiger partial charge in [0.2, 0.25) is 0 Å². The Bertz CT molecular complexity index is 1470. The molecule has 1 aromatic heterocycles.